The van der Waals surface area contributed by atoms with E-state index < -0.39 is 18.9 Å². The van der Waals surface area contributed by atoms with Gasteiger partial charge in [0.05, 0.1) is 0 Å². The van der Waals surface area contributed by atoms with Crippen molar-refractivity contribution in [3.05, 3.63) is 0 Å². The molecule has 13 heavy (non-hydrogen) atoms. The van der Waals surface area contributed by atoms with E-state index in [1.807, 2.05) is 0 Å². The van der Waals surface area contributed by atoms with Crippen molar-refractivity contribution < 1.29 is 19.4 Å². The number of halogens is 5. The molecule has 0 rings (SSSR count). The highest BCUT2D eigenvalue weighted by molar-refractivity contribution is 9.40. The van der Waals surface area contributed by atoms with Gasteiger partial charge in [-0.1, -0.05) is 23.2 Å². The van der Waals surface area contributed by atoms with Crippen LogP contribution in [0.2, 0.25) is 0 Å². The smallest absolute Gasteiger partial charge is 0.244 e. The van der Waals surface area contributed by atoms with E-state index in [1.54, 1.807) is 0 Å². The third kappa shape index (κ3) is 6.11. The summed E-state index contributed by atoms with van der Waals surface area (Å²) in [4.78, 5) is 28.0. The molecule has 0 saturated carbocycles. The first-order chi connectivity index (χ1) is 5.75. The molecule has 0 radical (unpaired) electrons. The van der Waals surface area contributed by atoms with E-state index in [2.05, 4.69) is 57.6 Å². The monoisotopic (exact) mass is 420 g/mol. The Bertz CT molecular complexity index is 214. The fourth-order valence-electron chi connectivity index (χ4n) is 0.163. The van der Waals surface area contributed by atoms with Crippen molar-refractivity contribution >= 4 is 82.9 Å². The molecule has 0 aromatic heterocycles. The lowest BCUT2D eigenvalue weighted by Crippen LogP contribution is -2.24. The molecule has 0 aliphatic carbocycles. The number of hydrogen-bond donors (Lipinski definition) is 0. The third-order valence-corrected chi connectivity index (χ3v) is 1.94. The van der Waals surface area contributed by atoms with Gasteiger partial charge in [-0.15, -0.1) is 0 Å². The summed E-state index contributed by atoms with van der Waals surface area (Å²) >= 11 is 18.7. The van der Waals surface area contributed by atoms with Gasteiger partial charge in [-0.05, 0) is 47.8 Å². The first kappa shape index (κ1) is 14.0. The minimum atomic E-state index is -1.40. The summed E-state index contributed by atoms with van der Waals surface area (Å²) in [7, 11) is 0. The predicted molar refractivity (Wildman–Crippen MR) is 57.2 cm³/mol. The van der Waals surface area contributed by atoms with E-state index in [0.717, 1.165) is 0 Å². The minimum Gasteiger partial charge on any atom is -0.244 e. The Balaban J connectivity index is 3.92. The largest absolute Gasteiger partial charge is 0.393 e. The lowest BCUT2D eigenvalue weighted by Gasteiger charge is -2.09. The lowest BCUT2D eigenvalue weighted by molar-refractivity contribution is -0.256. The number of carbonyl (C=O) groups is 2. The summed E-state index contributed by atoms with van der Waals surface area (Å²) in [5.74, 6) is -2.00. The first-order valence-electron chi connectivity index (χ1n) is 2.53. The van der Waals surface area contributed by atoms with Crippen LogP contribution in [0, 0.1) is 0 Å². The van der Waals surface area contributed by atoms with Crippen LogP contribution < -0.4 is 0 Å². The molecule has 0 aromatic carbocycles. The molecule has 0 bridgehead atoms. The Morgan fingerprint density at radius 1 is 1.15 bits per heavy atom. The minimum absolute atomic E-state index is 0.921. The van der Waals surface area contributed by atoms with Gasteiger partial charge in [-0.2, -0.15) is 0 Å². The topological polar surface area (TPSA) is 52.6 Å². The highest BCUT2D eigenvalue weighted by atomic mass is 80.0. The SMILES string of the molecule is O=C(OOC(=O)C(Br)(Br)Br)C(Cl)Cl. The van der Waals surface area contributed by atoms with Crippen LogP contribution in [0.15, 0.2) is 0 Å². The highest BCUT2D eigenvalue weighted by Gasteiger charge is 2.33. The molecule has 76 valence electrons. The van der Waals surface area contributed by atoms with E-state index >= 15 is 0 Å². The fourth-order valence-corrected chi connectivity index (χ4v) is 0.434. The van der Waals surface area contributed by atoms with E-state index in [-0.39, 0.29) is 0 Å². The maximum atomic E-state index is 10.9. The van der Waals surface area contributed by atoms with Gasteiger partial charge in [0.25, 0.3) is 0 Å². The average molecular weight is 424 g/mol. The molecule has 9 heteroatoms. The van der Waals surface area contributed by atoms with Crippen molar-refractivity contribution in [1.82, 2.24) is 0 Å². The van der Waals surface area contributed by atoms with E-state index in [4.69, 9.17) is 23.2 Å². The van der Waals surface area contributed by atoms with Crippen molar-refractivity contribution in [3.8, 4) is 0 Å². The zero-order chi connectivity index (χ0) is 10.6. The number of hydrogen-bond acceptors (Lipinski definition) is 4. The molecule has 0 heterocycles. The number of carbonyl (C=O) groups excluding carboxylic acids is 2. The van der Waals surface area contributed by atoms with E-state index in [9.17, 15) is 9.59 Å². The van der Waals surface area contributed by atoms with Crippen LogP contribution in [0.4, 0.5) is 0 Å². The Hall–Kier alpha value is 0.960. The first-order valence-corrected chi connectivity index (χ1v) is 5.78. The molecule has 0 aliphatic heterocycles. The van der Waals surface area contributed by atoms with Crippen LogP contribution in [-0.2, 0) is 19.4 Å². The van der Waals surface area contributed by atoms with Crippen LogP contribution >= 0.6 is 71.0 Å². The Labute approximate surface area is 109 Å². The van der Waals surface area contributed by atoms with Gasteiger partial charge in [-0.3, -0.25) is 0 Å². The van der Waals surface area contributed by atoms with Crippen LogP contribution in [0.3, 0.4) is 0 Å². The van der Waals surface area contributed by atoms with Crippen molar-refractivity contribution in [2.45, 2.75) is 6.98 Å². The fraction of sp³-hybridized carbons (Fsp3) is 0.500. The summed E-state index contributed by atoms with van der Waals surface area (Å²) in [5.41, 5.74) is 0. The summed E-state index contributed by atoms with van der Waals surface area (Å²) in [6.07, 6.45) is 0. The summed E-state index contributed by atoms with van der Waals surface area (Å²) in [6.45, 7) is 0. The van der Waals surface area contributed by atoms with E-state index in [0.29, 0.717) is 0 Å². The maximum Gasteiger partial charge on any atom is 0.393 e. The Morgan fingerprint density at radius 2 is 1.62 bits per heavy atom. The van der Waals surface area contributed by atoms with Crippen molar-refractivity contribution in [1.29, 1.82) is 0 Å². The standard InChI is InChI=1S/C4HBr3Cl2O4/c5-4(6,7)3(11)13-12-2(10)1(8)9/h1H. The Morgan fingerprint density at radius 3 is 1.92 bits per heavy atom. The molecule has 0 spiro atoms. The van der Waals surface area contributed by atoms with Gasteiger partial charge in [0, 0.05) is 0 Å². The zero-order valence-electron chi connectivity index (χ0n) is 5.60. The molecule has 0 fully saturated rings. The molecule has 0 aromatic rings. The van der Waals surface area contributed by atoms with E-state index in [1.165, 1.54) is 0 Å². The van der Waals surface area contributed by atoms with Crippen LogP contribution in [0.25, 0.3) is 0 Å². The molecule has 0 unspecified atom stereocenters. The van der Waals surface area contributed by atoms with Crippen molar-refractivity contribution in [2.24, 2.45) is 0 Å². The highest BCUT2D eigenvalue weighted by Crippen LogP contribution is 2.34. The van der Waals surface area contributed by atoms with Gasteiger partial charge >= 0.3 is 11.9 Å². The van der Waals surface area contributed by atoms with Crippen molar-refractivity contribution in [3.63, 3.8) is 0 Å². The molecular formula is C4HBr3Cl2O4. The maximum absolute atomic E-state index is 10.9. The summed E-state index contributed by atoms with van der Waals surface area (Å²) in [5, 5.41) is 0. The average Bonchev–Trinajstić information content (AvgIpc) is 1.97. The Kier molecular flexibility index (Phi) is 6.17. The normalized spacial score (nSPS) is 11.2. The van der Waals surface area contributed by atoms with Gasteiger partial charge < -0.3 is 0 Å². The van der Waals surface area contributed by atoms with Crippen LogP contribution in [0.1, 0.15) is 0 Å². The summed E-state index contributed by atoms with van der Waals surface area (Å²) in [6, 6.07) is 0. The molecule has 0 saturated heterocycles. The second-order valence-electron chi connectivity index (χ2n) is 1.57. The van der Waals surface area contributed by atoms with Crippen LogP contribution in [-0.4, -0.2) is 18.9 Å². The second kappa shape index (κ2) is 5.75. The number of alkyl halides is 5. The van der Waals surface area contributed by atoms with Gasteiger partial charge in [0.1, 0.15) is 0 Å². The third-order valence-electron chi connectivity index (χ3n) is 0.609. The van der Waals surface area contributed by atoms with Gasteiger partial charge in [0.15, 0.2) is 0 Å². The summed E-state index contributed by atoms with van der Waals surface area (Å²) < 4.78 is -1.30. The molecule has 0 amide bonds. The molecule has 4 nitrogen and oxygen atoms in total. The van der Waals surface area contributed by atoms with Gasteiger partial charge in [-0.25, -0.2) is 19.4 Å². The van der Waals surface area contributed by atoms with Crippen LogP contribution in [0.5, 0.6) is 0 Å². The predicted octanol–water partition coefficient (Wildman–Crippen LogP) is 2.63. The molecular weight excluding hydrogens is 423 g/mol. The molecule has 0 atom stereocenters. The zero-order valence-corrected chi connectivity index (χ0v) is 11.9. The van der Waals surface area contributed by atoms with Crippen molar-refractivity contribution in [2.75, 3.05) is 0 Å². The quantitative estimate of drug-likeness (QED) is 0.370. The number of rotatable bonds is 1. The molecule has 0 aliphatic rings. The molecule has 0 N–H and O–H groups in total. The second-order valence-corrected chi connectivity index (χ2v) is 9.43. The van der Waals surface area contributed by atoms with Gasteiger partial charge in [0.2, 0.25) is 6.98 Å². The lowest BCUT2D eigenvalue weighted by atomic mass is 10.8.